The summed E-state index contributed by atoms with van der Waals surface area (Å²) in [4.78, 5) is 30.6. The van der Waals surface area contributed by atoms with Crippen LogP contribution in [0.15, 0.2) is 48.5 Å². The molecule has 170 valence electrons. The van der Waals surface area contributed by atoms with Crippen LogP contribution < -0.4 is 0 Å². The lowest BCUT2D eigenvalue weighted by atomic mass is 9.94. The Labute approximate surface area is 196 Å². The highest BCUT2D eigenvalue weighted by molar-refractivity contribution is 7.13. The number of aryl methyl sites for hydroxylation is 1. The molecule has 33 heavy (non-hydrogen) atoms. The van der Waals surface area contributed by atoms with Crippen LogP contribution in [-0.2, 0) is 11.2 Å². The average molecular weight is 463 g/mol. The highest BCUT2D eigenvalue weighted by Crippen LogP contribution is 2.44. The minimum atomic E-state index is -0.915. The standard InChI is InChI=1S/C26H26N2O4S/c1-16-24(25(29)30)33-23(27-16)14-17-10-12-28(13-11-17)26(31)32-15-22-20-8-4-2-6-18(20)19-7-3-5-9-21(19)22/h2-9,17,22H,10-15H2,1H3,(H,29,30). The maximum atomic E-state index is 12.8. The number of rotatable bonds is 5. The predicted molar refractivity (Wildman–Crippen MR) is 127 cm³/mol. The first-order chi connectivity index (χ1) is 16.0. The summed E-state index contributed by atoms with van der Waals surface area (Å²) >= 11 is 1.26. The first-order valence-electron chi connectivity index (χ1n) is 11.3. The lowest BCUT2D eigenvalue weighted by Crippen LogP contribution is -2.39. The fraction of sp³-hybridized carbons (Fsp3) is 0.346. The molecule has 1 fully saturated rings. The first kappa shape index (κ1) is 21.6. The van der Waals surface area contributed by atoms with Crippen molar-refractivity contribution in [3.8, 4) is 11.1 Å². The number of nitrogens with zero attached hydrogens (tertiary/aromatic N) is 2. The highest BCUT2D eigenvalue weighted by atomic mass is 32.1. The number of thiazole rings is 1. The van der Waals surface area contributed by atoms with Gasteiger partial charge in [-0.05, 0) is 47.9 Å². The second kappa shape index (κ2) is 8.98. The molecule has 0 saturated carbocycles. The number of carbonyl (C=O) groups excluding carboxylic acids is 1. The molecule has 0 spiro atoms. The van der Waals surface area contributed by atoms with Crippen molar-refractivity contribution in [3.63, 3.8) is 0 Å². The molecule has 1 saturated heterocycles. The van der Waals surface area contributed by atoms with Crippen LogP contribution in [-0.4, -0.2) is 46.7 Å². The van der Waals surface area contributed by atoms with Crippen LogP contribution in [0.5, 0.6) is 0 Å². The van der Waals surface area contributed by atoms with Gasteiger partial charge in [-0.15, -0.1) is 11.3 Å². The molecule has 6 nitrogen and oxygen atoms in total. The van der Waals surface area contributed by atoms with Crippen LogP contribution in [0, 0.1) is 12.8 Å². The van der Waals surface area contributed by atoms with E-state index in [2.05, 4.69) is 29.2 Å². The molecule has 5 rings (SSSR count). The van der Waals surface area contributed by atoms with Gasteiger partial charge in [0.05, 0.1) is 10.7 Å². The number of likely N-dealkylation sites (tertiary alicyclic amines) is 1. The SMILES string of the molecule is Cc1nc(CC2CCN(C(=O)OCC3c4ccccc4-c4ccccc43)CC2)sc1C(=O)O. The fourth-order valence-electron chi connectivity index (χ4n) is 4.99. The van der Waals surface area contributed by atoms with Gasteiger partial charge in [-0.3, -0.25) is 0 Å². The van der Waals surface area contributed by atoms with E-state index in [-0.39, 0.29) is 12.0 Å². The number of carbonyl (C=O) groups is 2. The van der Waals surface area contributed by atoms with E-state index in [1.807, 2.05) is 24.3 Å². The molecule has 3 aromatic rings. The third-order valence-corrected chi connectivity index (χ3v) is 7.87. The molecule has 1 N–H and O–H groups in total. The molecule has 0 radical (unpaired) electrons. The van der Waals surface area contributed by atoms with E-state index in [4.69, 9.17) is 4.74 Å². The van der Waals surface area contributed by atoms with Gasteiger partial charge in [-0.2, -0.15) is 0 Å². The molecule has 1 aliphatic heterocycles. The van der Waals surface area contributed by atoms with Crippen molar-refractivity contribution in [1.82, 2.24) is 9.88 Å². The summed E-state index contributed by atoms with van der Waals surface area (Å²) in [6.45, 7) is 3.38. The van der Waals surface area contributed by atoms with Crippen LogP contribution in [0.3, 0.4) is 0 Å². The Kier molecular flexibility index (Phi) is 5.89. The second-order valence-electron chi connectivity index (χ2n) is 8.77. The number of ether oxygens (including phenoxy) is 1. The quantitative estimate of drug-likeness (QED) is 0.553. The van der Waals surface area contributed by atoms with Gasteiger partial charge in [0.25, 0.3) is 0 Å². The van der Waals surface area contributed by atoms with Crippen LogP contribution in [0.4, 0.5) is 4.79 Å². The van der Waals surface area contributed by atoms with Crippen LogP contribution in [0.25, 0.3) is 11.1 Å². The Morgan fingerprint density at radius 3 is 2.24 bits per heavy atom. The van der Waals surface area contributed by atoms with Crippen molar-refractivity contribution in [2.45, 2.75) is 32.1 Å². The third-order valence-electron chi connectivity index (χ3n) is 6.71. The maximum Gasteiger partial charge on any atom is 0.409 e. The number of piperidine rings is 1. The summed E-state index contributed by atoms with van der Waals surface area (Å²) in [5, 5.41) is 10.1. The zero-order chi connectivity index (χ0) is 22.9. The van der Waals surface area contributed by atoms with E-state index in [9.17, 15) is 14.7 Å². The van der Waals surface area contributed by atoms with E-state index >= 15 is 0 Å². The number of amides is 1. The number of hydrogen-bond donors (Lipinski definition) is 1. The smallest absolute Gasteiger partial charge is 0.409 e. The van der Waals surface area contributed by atoms with Gasteiger partial charge in [0.15, 0.2) is 0 Å². The fourth-order valence-corrected chi connectivity index (χ4v) is 6.01. The molecule has 2 aliphatic rings. The maximum absolute atomic E-state index is 12.8. The minimum absolute atomic E-state index is 0.0652. The van der Waals surface area contributed by atoms with Crippen molar-refractivity contribution >= 4 is 23.4 Å². The Balaban J connectivity index is 1.16. The number of aromatic carboxylic acids is 1. The normalized spacial score (nSPS) is 15.8. The molecule has 7 heteroatoms. The Hall–Kier alpha value is -3.19. The molecule has 2 heterocycles. The van der Waals surface area contributed by atoms with Crippen molar-refractivity contribution in [2.24, 2.45) is 5.92 Å². The predicted octanol–water partition coefficient (Wildman–Crippen LogP) is 5.35. The van der Waals surface area contributed by atoms with Gasteiger partial charge in [0.2, 0.25) is 0 Å². The van der Waals surface area contributed by atoms with Crippen LogP contribution in [0.1, 0.15) is 50.3 Å². The monoisotopic (exact) mass is 462 g/mol. The summed E-state index contributed by atoms with van der Waals surface area (Å²) in [5.74, 6) is -0.452. The molecule has 0 bridgehead atoms. The third kappa shape index (κ3) is 4.25. The molecule has 1 aromatic heterocycles. The lowest BCUT2D eigenvalue weighted by molar-refractivity contribution is 0.0700. The van der Waals surface area contributed by atoms with Crippen molar-refractivity contribution in [2.75, 3.05) is 19.7 Å². The van der Waals surface area contributed by atoms with Crippen LogP contribution in [0.2, 0.25) is 0 Å². The molecule has 0 unspecified atom stereocenters. The van der Waals surface area contributed by atoms with Gasteiger partial charge in [-0.1, -0.05) is 48.5 Å². The number of benzene rings is 2. The molecular formula is C26H26N2O4S. The minimum Gasteiger partial charge on any atom is -0.477 e. The van der Waals surface area contributed by atoms with E-state index in [0.29, 0.717) is 36.2 Å². The molecule has 2 aromatic carbocycles. The summed E-state index contributed by atoms with van der Waals surface area (Å²) in [6, 6.07) is 16.7. The van der Waals surface area contributed by atoms with Gasteiger partial charge in [0.1, 0.15) is 11.5 Å². The Bertz CT molecular complexity index is 1150. The average Bonchev–Trinajstić information content (AvgIpc) is 3.35. The number of hydrogen-bond acceptors (Lipinski definition) is 5. The lowest BCUT2D eigenvalue weighted by Gasteiger charge is -2.31. The molecule has 1 aliphatic carbocycles. The van der Waals surface area contributed by atoms with Crippen molar-refractivity contribution in [3.05, 3.63) is 75.2 Å². The van der Waals surface area contributed by atoms with E-state index in [1.165, 1.54) is 33.6 Å². The number of carboxylic acids is 1. The molecular weight excluding hydrogens is 436 g/mol. The van der Waals surface area contributed by atoms with Crippen molar-refractivity contribution in [1.29, 1.82) is 0 Å². The molecule has 0 atom stereocenters. The second-order valence-corrected chi connectivity index (χ2v) is 9.85. The summed E-state index contributed by atoms with van der Waals surface area (Å²) in [6.07, 6.45) is 2.24. The highest BCUT2D eigenvalue weighted by Gasteiger charge is 2.31. The van der Waals surface area contributed by atoms with Gasteiger partial charge in [0, 0.05) is 25.4 Å². The Morgan fingerprint density at radius 2 is 1.67 bits per heavy atom. The summed E-state index contributed by atoms with van der Waals surface area (Å²) < 4.78 is 5.79. The topological polar surface area (TPSA) is 79.7 Å². The number of carboxylic acid groups (broad SMARTS) is 1. The molecule has 1 amide bonds. The van der Waals surface area contributed by atoms with E-state index in [1.54, 1.807) is 11.8 Å². The zero-order valence-electron chi connectivity index (χ0n) is 18.5. The summed E-state index contributed by atoms with van der Waals surface area (Å²) in [7, 11) is 0. The largest absolute Gasteiger partial charge is 0.477 e. The first-order valence-corrected chi connectivity index (χ1v) is 12.1. The van der Waals surface area contributed by atoms with Crippen LogP contribution >= 0.6 is 11.3 Å². The van der Waals surface area contributed by atoms with Gasteiger partial charge < -0.3 is 14.7 Å². The van der Waals surface area contributed by atoms with Crippen molar-refractivity contribution < 1.29 is 19.4 Å². The van der Waals surface area contributed by atoms with Gasteiger partial charge in [-0.25, -0.2) is 14.6 Å². The summed E-state index contributed by atoms with van der Waals surface area (Å²) in [5.41, 5.74) is 5.45. The van der Waals surface area contributed by atoms with E-state index < -0.39 is 5.97 Å². The Morgan fingerprint density at radius 1 is 1.06 bits per heavy atom. The number of aromatic nitrogens is 1. The number of fused-ring (bicyclic) bond motifs is 3. The van der Waals surface area contributed by atoms with Gasteiger partial charge >= 0.3 is 12.1 Å². The zero-order valence-corrected chi connectivity index (χ0v) is 19.3. The van der Waals surface area contributed by atoms with E-state index in [0.717, 1.165) is 24.3 Å².